The predicted molar refractivity (Wildman–Crippen MR) is 121 cm³/mol. The van der Waals surface area contributed by atoms with Crippen LogP contribution in [0.1, 0.15) is 50.5 Å². The molecule has 2 aromatic rings. The number of esters is 1. The van der Waals surface area contributed by atoms with Gasteiger partial charge in [-0.25, -0.2) is 8.42 Å². The molecule has 1 aromatic heterocycles. The molecule has 0 radical (unpaired) electrons. The predicted octanol–water partition coefficient (Wildman–Crippen LogP) is 3.81. The first-order chi connectivity index (χ1) is 15.1. The summed E-state index contributed by atoms with van der Waals surface area (Å²) in [5.74, 6) is -0.227. The molecule has 1 N–H and O–H groups in total. The molecule has 1 aromatic carbocycles. The first kappa shape index (κ1) is 24.3. The average molecular weight is 482 g/mol. The van der Waals surface area contributed by atoms with Crippen molar-refractivity contribution in [1.82, 2.24) is 9.78 Å². The number of nitrogens with one attached hydrogen (secondary N) is 1. The van der Waals surface area contributed by atoms with E-state index in [-0.39, 0.29) is 28.4 Å². The van der Waals surface area contributed by atoms with Crippen molar-refractivity contribution in [3.8, 4) is 0 Å². The zero-order chi connectivity index (χ0) is 23.3. The van der Waals surface area contributed by atoms with Gasteiger partial charge < -0.3 is 10.1 Å². The fourth-order valence-corrected chi connectivity index (χ4v) is 5.40. The van der Waals surface area contributed by atoms with Gasteiger partial charge in [-0.15, -0.1) is 0 Å². The van der Waals surface area contributed by atoms with Gasteiger partial charge in [-0.05, 0) is 30.0 Å². The van der Waals surface area contributed by atoms with Crippen LogP contribution in [0.25, 0.3) is 0 Å². The van der Waals surface area contributed by atoms with Crippen molar-refractivity contribution >= 4 is 39.1 Å². The van der Waals surface area contributed by atoms with Gasteiger partial charge >= 0.3 is 5.97 Å². The first-order valence-electron chi connectivity index (χ1n) is 10.6. The number of anilines is 1. The number of aromatic nitrogens is 2. The lowest BCUT2D eigenvalue weighted by Gasteiger charge is -2.21. The van der Waals surface area contributed by atoms with Crippen LogP contribution in [0.5, 0.6) is 0 Å². The number of carbonyl (C=O) groups is 2. The fraction of sp³-hybridized carbons (Fsp3) is 0.500. The van der Waals surface area contributed by atoms with Crippen LogP contribution >= 0.6 is 11.6 Å². The molecule has 10 heteroatoms. The van der Waals surface area contributed by atoms with E-state index in [9.17, 15) is 18.0 Å². The fourth-order valence-electron chi connectivity index (χ4n) is 4.06. The highest BCUT2D eigenvalue weighted by Gasteiger charge is 2.28. The van der Waals surface area contributed by atoms with Crippen molar-refractivity contribution in [1.29, 1.82) is 0 Å². The molecule has 0 saturated heterocycles. The highest BCUT2D eigenvalue weighted by atomic mass is 35.5. The number of benzene rings is 1. The second kappa shape index (κ2) is 10.5. The molecular weight excluding hydrogens is 454 g/mol. The van der Waals surface area contributed by atoms with Gasteiger partial charge in [0, 0.05) is 25.4 Å². The summed E-state index contributed by atoms with van der Waals surface area (Å²) in [6, 6.07) is 6.39. The maximum atomic E-state index is 13.2. The molecular formula is C22H28ClN3O5S. The second-order valence-electron chi connectivity index (χ2n) is 8.19. The lowest BCUT2D eigenvalue weighted by molar-refractivity contribution is -0.141. The Morgan fingerprint density at radius 2 is 2.00 bits per heavy atom. The standard InChI is InChI=1S/C22H28ClN3O5S/c1-15(27)31-12-11-26-10-9-21(25-26)24-22(28)18(13-16-5-3-4-6-16)17-7-8-20(19(23)14-17)32(2,29)30/h7-10,14,16,18H,3-6,11-13H2,1-2H3,(H,24,25,28). The van der Waals surface area contributed by atoms with Crippen molar-refractivity contribution in [2.24, 2.45) is 5.92 Å². The number of amides is 1. The molecule has 1 aliphatic carbocycles. The summed E-state index contributed by atoms with van der Waals surface area (Å²) in [6.07, 6.45) is 7.91. The molecule has 0 aliphatic heterocycles. The molecule has 3 rings (SSSR count). The number of hydrogen-bond acceptors (Lipinski definition) is 6. The van der Waals surface area contributed by atoms with E-state index in [4.69, 9.17) is 16.3 Å². The number of sulfone groups is 1. The smallest absolute Gasteiger partial charge is 0.302 e. The molecule has 1 heterocycles. The highest BCUT2D eigenvalue weighted by molar-refractivity contribution is 7.90. The van der Waals surface area contributed by atoms with Crippen molar-refractivity contribution < 1.29 is 22.7 Å². The monoisotopic (exact) mass is 481 g/mol. The highest BCUT2D eigenvalue weighted by Crippen LogP contribution is 2.36. The molecule has 1 atom stereocenters. The van der Waals surface area contributed by atoms with Crippen molar-refractivity contribution in [3.63, 3.8) is 0 Å². The van der Waals surface area contributed by atoms with Crippen molar-refractivity contribution in [2.45, 2.75) is 56.4 Å². The van der Waals surface area contributed by atoms with Crippen LogP contribution in [0.4, 0.5) is 5.82 Å². The molecule has 1 amide bonds. The lowest BCUT2D eigenvalue weighted by Crippen LogP contribution is -2.23. The van der Waals surface area contributed by atoms with Crippen molar-refractivity contribution in [2.75, 3.05) is 18.2 Å². The minimum absolute atomic E-state index is 0.0504. The Morgan fingerprint density at radius 3 is 2.62 bits per heavy atom. The summed E-state index contributed by atoms with van der Waals surface area (Å²) in [5, 5.41) is 7.28. The summed E-state index contributed by atoms with van der Waals surface area (Å²) >= 11 is 6.25. The third-order valence-electron chi connectivity index (χ3n) is 5.64. The molecule has 1 fully saturated rings. The third kappa shape index (κ3) is 6.56. The summed E-state index contributed by atoms with van der Waals surface area (Å²) in [5.41, 5.74) is 0.682. The Kier molecular flexibility index (Phi) is 7.95. The number of halogens is 1. The van der Waals surface area contributed by atoms with Crippen LogP contribution in [0.15, 0.2) is 35.4 Å². The van der Waals surface area contributed by atoms with E-state index >= 15 is 0 Å². The van der Waals surface area contributed by atoms with Gasteiger partial charge in [0.1, 0.15) is 6.61 Å². The zero-order valence-electron chi connectivity index (χ0n) is 18.2. The Hall–Kier alpha value is -2.39. The van der Waals surface area contributed by atoms with Crippen LogP contribution in [0, 0.1) is 5.92 Å². The molecule has 32 heavy (non-hydrogen) atoms. The third-order valence-corrected chi connectivity index (χ3v) is 7.22. The number of nitrogens with zero attached hydrogens (tertiary/aromatic N) is 2. The molecule has 1 aliphatic rings. The maximum Gasteiger partial charge on any atom is 0.302 e. The van der Waals surface area contributed by atoms with Gasteiger partial charge in [0.15, 0.2) is 15.7 Å². The van der Waals surface area contributed by atoms with Gasteiger partial charge in [-0.2, -0.15) is 5.10 Å². The molecule has 1 saturated carbocycles. The first-order valence-corrected chi connectivity index (χ1v) is 12.9. The number of rotatable bonds is 9. The van der Waals surface area contributed by atoms with Crippen LogP contribution in [0.3, 0.4) is 0 Å². The Balaban J connectivity index is 1.77. The Labute approximate surface area is 193 Å². The Morgan fingerprint density at radius 1 is 1.28 bits per heavy atom. The van der Waals surface area contributed by atoms with E-state index in [2.05, 4.69) is 10.4 Å². The Bertz CT molecular complexity index is 1080. The minimum Gasteiger partial charge on any atom is -0.464 e. The van der Waals surface area contributed by atoms with E-state index in [1.165, 1.54) is 13.0 Å². The number of carbonyl (C=O) groups excluding carboxylic acids is 2. The summed E-state index contributed by atoms with van der Waals surface area (Å²) in [6.45, 7) is 1.91. The minimum atomic E-state index is -3.45. The maximum absolute atomic E-state index is 13.2. The van der Waals surface area contributed by atoms with Crippen LogP contribution in [-0.2, 0) is 30.7 Å². The normalized spacial score (nSPS) is 15.5. The van der Waals surface area contributed by atoms with Crippen molar-refractivity contribution in [3.05, 3.63) is 41.0 Å². The largest absolute Gasteiger partial charge is 0.464 e. The summed E-state index contributed by atoms with van der Waals surface area (Å²) in [7, 11) is -3.45. The van der Waals surface area contributed by atoms with Crippen LogP contribution in [-0.4, -0.2) is 42.9 Å². The quantitative estimate of drug-likeness (QED) is 0.546. The zero-order valence-corrected chi connectivity index (χ0v) is 19.8. The molecule has 1 unspecified atom stereocenters. The van der Waals surface area contributed by atoms with E-state index in [0.717, 1.165) is 31.9 Å². The molecule has 0 spiro atoms. The van der Waals surface area contributed by atoms with E-state index < -0.39 is 15.8 Å². The second-order valence-corrected chi connectivity index (χ2v) is 10.6. The summed E-state index contributed by atoms with van der Waals surface area (Å²) in [4.78, 5) is 24.2. The lowest BCUT2D eigenvalue weighted by atomic mass is 9.87. The van der Waals surface area contributed by atoms with E-state index in [0.29, 0.717) is 30.3 Å². The van der Waals surface area contributed by atoms with E-state index in [1.807, 2.05) is 0 Å². The molecule has 0 bridgehead atoms. The molecule has 174 valence electrons. The van der Waals surface area contributed by atoms with Crippen LogP contribution in [0.2, 0.25) is 5.02 Å². The van der Waals surface area contributed by atoms with Gasteiger partial charge in [0.25, 0.3) is 0 Å². The SMILES string of the molecule is CC(=O)OCCn1ccc(NC(=O)C(CC2CCCC2)c2ccc(S(C)(=O)=O)c(Cl)c2)n1. The summed E-state index contributed by atoms with van der Waals surface area (Å²) < 4.78 is 30.3. The average Bonchev–Trinajstić information content (AvgIpc) is 3.36. The number of ether oxygens (including phenoxy) is 1. The van der Waals surface area contributed by atoms with Gasteiger partial charge in [0.05, 0.1) is 22.4 Å². The topological polar surface area (TPSA) is 107 Å². The van der Waals surface area contributed by atoms with E-state index in [1.54, 1.807) is 29.1 Å². The van der Waals surface area contributed by atoms with Gasteiger partial charge in [0.2, 0.25) is 5.91 Å². The van der Waals surface area contributed by atoms with Gasteiger partial charge in [-0.1, -0.05) is 43.4 Å². The van der Waals surface area contributed by atoms with Crippen LogP contribution < -0.4 is 5.32 Å². The molecule has 8 nitrogen and oxygen atoms in total. The number of hydrogen-bond donors (Lipinski definition) is 1. The van der Waals surface area contributed by atoms with Gasteiger partial charge in [-0.3, -0.25) is 14.3 Å².